The molecule has 1 N–H and O–H groups in total. The van der Waals surface area contributed by atoms with E-state index in [1.54, 1.807) is 30.3 Å². The van der Waals surface area contributed by atoms with Crippen LogP contribution in [-0.2, 0) is 81.7 Å². The van der Waals surface area contributed by atoms with Gasteiger partial charge in [-0.2, -0.15) is 0 Å². The Morgan fingerprint density at radius 1 is 0.481 bits per heavy atom. The zero-order valence-electron chi connectivity index (χ0n) is 47.4. The third-order valence-corrected chi connectivity index (χ3v) is 12.1. The summed E-state index contributed by atoms with van der Waals surface area (Å²) in [5.74, 6) is -7.03. The van der Waals surface area contributed by atoms with E-state index in [0.717, 1.165) is 86.8 Å². The standard InChI is InChI=1S/C62H82O19/c1-9-15-17-19-21-23-25-45(60(70)73-36-35-72-54(64)11-3)37-58(68)80-52(43-77-56(66)13-5)41-74-50-31-27-47(28-32-50)62(7,8)48-29-33-51(34-30-48)75-42-53(44-78-57(67)14-6)81-59(69)38-46(26-24-22-20-18-16-10-2)61(71)79-40-49(63)39-76-55(65)12-4/h11-14,21-24,27-34,45-46,49,52-53,63H,3-6,9-10,15-20,25-26,35-44H2,1-2,7-8H3/b23-21+,24-22+. The lowest BCUT2D eigenvalue weighted by atomic mass is 9.78. The Hall–Kier alpha value is -7.80. The fourth-order valence-corrected chi connectivity index (χ4v) is 7.40. The van der Waals surface area contributed by atoms with Crippen LogP contribution in [0.15, 0.2) is 123 Å². The zero-order valence-corrected chi connectivity index (χ0v) is 47.4. The number of hydrogen-bond donors (Lipinski definition) is 1. The number of esters is 8. The molecule has 0 saturated carbocycles. The van der Waals surface area contributed by atoms with Crippen LogP contribution >= 0.6 is 0 Å². The smallest absolute Gasteiger partial charge is 0.330 e. The molecule has 5 unspecified atom stereocenters. The van der Waals surface area contributed by atoms with Crippen LogP contribution in [0.5, 0.6) is 11.5 Å². The largest absolute Gasteiger partial charge is 0.490 e. The third-order valence-electron chi connectivity index (χ3n) is 12.1. The first-order chi connectivity index (χ1) is 38.9. The average Bonchev–Trinajstić information content (AvgIpc) is 3.51. The Kier molecular flexibility index (Phi) is 34.6. The van der Waals surface area contributed by atoms with Crippen LogP contribution in [0.25, 0.3) is 0 Å². The van der Waals surface area contributed by atoms with Gasteiger partial charge in [-0.05, 0) is 73.9 Å². The van der Waals surface area contributed by atoms with E-state index in [9.17, 15) is 43.5 Å². The number of aliphatic hydroxyl groups excluding tert-OH is 1. The van der Waals surface area contributed by atoms with E-state index in [2.05, 4.69) is 40.2 Å². The fraction of sp³-hybridized carbons (Fsp3) is 0.484. The molecule has 0 bridgehead atoms. The summed E-state index contributed by atoms with van der Waals surface area (Å²) in [6.07, 6.45) is 15.1. The second-order valence-corrected chi connectivity index (χ2v) is 19.1. The number of carbonyl (C=O) groups is 8. The maximum Gasteiger partial charge on any atom is 0.330 e. The van der Waals surface area contributed by atoms with Crippen molar-refractivity contribution in [2.24, 2.45) is 11.8 Å². The quantitative estimate of drug-likeness (QED) is 0.0214. The van der Waals surface area contributed by atoms with Gasteiger partial charge in [-0.3, -0.25) is 19.2 Å². The lowest BCUT2D eigenvalue weighted by molar-refractivity contribution is -0.164. The van der Waals surface area contributed by atoms with Crippen LogP contribution < -0.4 is 9.47 Å². The van der Waals surface area contributed by atoms with Crippen molar-refractivity contribution in [2.45, 2.75) is 128 Å². The molecule has 81 heavy (non-hydrogen) atoms. The highest BCUT2D eigenvalue weighted by molar-refractivity contribution is 5.83. The molecule has 2 aromatic rings. The second-order valence-electron chi connectivity index (χ2n) is 19.1. The molecule has 0 aliphatic heterocycles. The molecule has 2 rings (SSSR count). The Morgan fingerprint density at radius 2 is 0.852 bits per heavy atom. The normalized spacial score (nSPS) is 13.0. The average molecular weight is 1130 g/mol. The number of hydrogen-bond acceptors (Lipinski definition) is 19. The maximum absolute atomic E-state index is 13.4. The number of ether oxygens (including phenoxy) is 10. The second kappa shape index (κ2) is 40.4. The van der Waals surface area contributed by atoms with Crippen molar-refractivity contribution in [3.8, 4) is 11.5 Å². The molecule has 0 aliphatic carbocycles. The van der Waals surface area contributed by atoms with Crippen molar-refractivity contribution in [3.63, 3.8) is 0 Å². The number of benzene rings is 2. The summed E-state index contributed by atoms with van der Waals surface area (Å²) in [4.78, 5) is 99.8. The predicted octanol–water partition coefficient (Wildman–Crippen LogP) is 9.02. The van der Waals surface area contributed by atoms with Crippen molar-refractivity contribution in [2.75, 3.05) is 52.9 Å². The highest BCUT2D eigenvalue weighted by atomic mass is 16.6. The first-order valence-electron chi connectivity index (χ1n) is 27.2. The van der Waals surface area contributed by atoms with Gasteiger partial charge < -0.3 is 52.5 Å². The molecule has 0 fully saturated rings. The van der Waals surface area contributed by atoms with E-state index in [4.69, 9.17) is 47.4 Å². The van der Waals surface area contributed by atoms with Crippen LogP contribution in [-0.4, -0.2) is 124 Å². The number of unbranched alkanes of at least 4 members (excludes halogenated alkanes) is 6. The summed E-state index contributed by atoms with van der Waals surface area (Å²) in [5, 5.41) is 10.2. The van der Waals surface area contributed by atoms with Gasteiger partial charge in [-0.25, -0.2) is 19.2 Å². The van der Waals surface area contributed by atoms with Crippen molar-refractivity contribution < 1.29 is 90.8 Å². The molecule has 19 nitrogen and oxygen atoms in total. The lowest BCUT2D eigenvalue weighted by Gasteiger charge is -2.27. The van der Waals surface area contributed by atoms with Gasteiger partial charge >= 0.3 is 47.8 Å². The van der Waals surface area contributed by atoms with Gasteiger partial charge in [-0.1, -0.05) is 128 Å². The van der Waals surface area contributed by atoms with Crippen LogP contribution in [0.3, 0.4) is 0 Å². The van der Waals surface area contributed by atoms with Crippen molar-refractivity contribution in [1.29, 1.82) is 0 Å². The number of rotatable bonds is 43. The van der Waals surface area contributed by atoms with E-state index in [1.165, 1.54) is 0 Å². The highest BCUT2D eigenvalue weighted by Crippen LogP contribution is 2.33. The van der Waals surface area contributed by atoms with E-state index in [1.807, 2.05) is 56.3 Å². The van der Waals surface area contributed by atoms with Crippen LogP contribution in [0, 0.1) is 11.8 Å². The van der Waals surface area contributed by atoms with E-state index >= 15 is 0 Å². The first-order valence-corrected chi connectivity index (χ1v) is 27.2. The van der Waals surface area contributed by atoms with Gasteiger partial charge in [0.05, 0.1) is 24.7 Å². The molecule has 0 amide bonds. The molecule has 0 aromatic heterocycles. The van der Waals surface area contributed by atoms with Crippen molar-refractivity contribution in [1.82, 2.24) is 0 Å². The molecular formula is C62H82O19. The topological polar surface area (TPSA) is 249 Å². The minimum Gasteiger partial charge on any atom is -0.490 e. The molecule has 5 atom stereocenters. The summed E-state index contributed by atoms with van der Waals surface area (Å²) >= 11 is 0. The van der Waals surface area contributed by atoms with Gasteiger partial charge in [-0.15, -0.1) is 0 Å². The molecular weight excluding hydrogens is 1050 g/mol. The molecule has 444 valence electrons. The molecule has 0 spiro atoms. The van der Waals surface area contributed by atoms with Crippen LogP contribution in [0.4, 0.5) is 0 Å². The lowest BCUT2D eigenvalue weighted by Crippen LogP contribution is -2.33. The monoisotopic (exact) mass is 1130 g/mol. The van der Waals surface area contributed by atoms with Crippen molar-refractivity contribution >= 4 is 47.8 Å². The maximum atomic E-state index is 13.4. The summed E-state index contributed by atoms with van der Waals surface area (Å²) < 4.78 is 54.1. The molecule has 0 aliphatic rings. The number of aliphatic hydroxyl groups is 1. The summed E-state index contributed by atoms with van der Waals surface area (Å²) in [7, 11) is 0. The number of allylic oxidation sites excluding steroid dienone is 4. The van der Waals surface area contributed by atoms with Crippen molar-refractivity contribution in [3.05, 3.63) is 135 Å². The van der Waals surface area contributed by atoms with Crippen LogP contribution in [0.1, 0.15) is 116 Å². The van der Waals surface area contributed by atoms with Gasteiger partial charge in [0.2, 0.25) is 0 Å². The van der Waals surface area contributed by atoms with Gasteiger partial charge in [0.1, 0.15) is 70.5 Å². The fourth-order valence-electron chi connectivity index (χ4n) is 7.40. The summed E-state index contributed by atoms with van der Waals surface area (Å²) in [6, 6.07) is 14.4. The first kappa shape index (κ1) is 69.3. The Bertz CT molecular complexity index is 2370. The molecule has 0 heterocycles. The van der Waals surface area contributed by atoms with E-state index < -0.39 is 103 Å². The Balaban J connectivity index is 2.16. The van der Waals surface area contributed by atoms with Gasteiger partial charge in [0, 0.05) is 29.7 Å². The van der Waals surface area contributed by atoms with E-state index in [-0.39, 0.29) is 58.9 Å². The highest BCUT2D eigenvalue weighted by Gasteiger charge is 2.29. The van der Waals surface area contributed by atoms with Crippen LogP contribution in [0.2, 0.25) is 0 Å². The predicted molar refractivity (Wildman–Crippen MR) is 300 cm³/mol. The van der Waals surface area contributed by atoms with E-state index in [0.29, 0.717) is 11.5 Å². The molecule has 0 radical (unpaired) electrons. The zero-order chi connectivity index (χ0) is 59.8. The molecule has 2 aromatic carbocycles. The molecule has 19 heteroatoms. The summed E-state index contributed by atoms with van der Waals surface area (Å²) in [5.41, 5.74) is 1.25. The Morgan fingerprint density at radius 3 is 1.26 bits per heavy atom. The number of carbonyl (C=O) groups excluding carboxylic acids is 8. The summed E-state index contributed by atoms with van der Waals surface area (Å²) in [6.45, 7) is 19.1. The third kappa shape index (κ3) is 29.8. The van der Waals surface area contributed by atoms with Gasteiger partial charge in [0.15, 0.2) is 12.2 Å². The Labute approximate surface area is 476 Å². The minimum atomic E-state index is -1.31. The van der Waals surface area contributed by atoms with Gasteiger partial charge in [0.25, 0.3) is 0 Å². The molecule has 0 saturated heterocycles. The minimum absolute atomic E-state index is 0.134. The SMILES string of the molecule is C=CC(=O)OCCOC(=O)C(C/C=C/CCCCC)CC(=O)OC(COC(=O)C=C)COc1ccc(C(C)(C)c2ccc(OCC(COC(=O)C=C)OC(=O)CC(C/C=C/CCCCC)C(=O)OCC(O)COC(=O)C=C)cc2)cc1.